The van der Waals surface area contributed by atoms with Crippen molar-refractivity contribution in [2.75, 3.05) is 17.2 Å². The number of benzene rings is 2. The Kier molecular flexibility index (Phi) is 6.71. The van der Waals surface area contributed by atoms with Crippen LogP contribution < -0.4 is 9.64 Å². The molecule has 1 amide bonds. The van der Waals surface area contributed by atoms with Gasteiger partial charge < -0.3 is 14.1 Å². The van der Waals surface area contributed by atoms with Crippen molar-refractivity contribution in [3.63, 3.8) is 0 Å². The van der Waals surface area contributed by atoms with Crippen LogP contribution in [0.25, 0.3) is 0 Å². The fraction of sp³-hybridized carbons (Fsp3) is 0.286. The van der Waals surface area contributed by atoms with Crippen LogP contribution in [-0.2, 0) is 11.4 Å². The van der Waals surface area contributed by atoms with E-state index in [2.05, 4.69) is 10.2 Å². The highest BCUT2D eigenvalue weighted by atomic mass is 32.2. The van der Waals surface area contributed by atoms with E-state index in [1.54, 1.807) is 4.90 Å². The van der Waals surface area contributed by atoms with Gasteiger partial charge in [-0.15, -0.1) is 10.2 Å². The van der Waals surface area contributed by atoms with E-state index in [-0.39, 0.29) is 18.3 Å². The summed E-state index contributed by atoms with van der Waals surface area (Å²) >= 11 is 1.23. The molecule has 0 bridgehead atoms. The lowest BCUT2D eigenvalue weighted by atomic mass is 10.1. The number of hydrogen-bond acceptors (Lipinski definition) is 6. The van der Waals surface area contributed by atoms with Crippen molar-refractivity contribution < 1.29 is 13.9 Å². The van der Waals surface area contributed by atoms with Crippen molar-refractivity contribution in [3.8, 4) is 5.75 Å². The van der Waals surface area contributed by atoms with Gasteiger partial charge in [-0.3, -0.25) is 4.79 Å². The van der Waals surface area contributed by atoms with Crippen molar-refractivity contribution in [3.05, 3.63) is 65.5 Å². The van der Waals surface area contributed by atoms with Crippen molar-refractivity contribution in [2.45, 2.75) is 32.6 Å². The maximum atomic E-state index is 12.5. The first-order valence-corrected chi connectivity index (χ1v) is 10.1. The summed E-state index contributed by atoms with van der Waals surface area (Å²) < 4.78 is 11.4. The molecule has 28 heavy (non-hydrogen) atoms. The Labute approximate surface area is 168 Å². The third kappa shape index (κ3) is 5.13. The third-order valence-corrected chi connectivity index (χ3v) is 4.95. The van der Waals surface area contributed by atoms with Gasteiger partial charge in [0.05, 0.1) is 5.75 Å². The second kappa shape index (κ2) is 9.41. The summed E-state index contributed by atoms with van der Waals surface area (Å²) in [7, 11) is 0. The lowest BCUT2D eigenvalue weighted by Gasteiger charge is -2.20. The maximum absolute atomic E-state index is 12.5. The van der Waals surface area contributed by atoms with Gasteiger partial charge in [0.2, 0.25) is 5.91 Å². The molecule has 3 rings (SSSR count). The van der Waals surface area contributed by atoms with Gasteiger partial charge in [-0.25, -0.2) is 0 Å². The van der Waals surface area contributed by atoms with Gasteiger partial charge in [-0.1, -0.05) is 42.1 Å². The number of carbonyl (C=O) groups excluding carboxylic acids is 1. The Bertz CT molecular complexity index is 928. The number of anilines is 1. The van der Waals surface area contributed by atoms with E-state index < -0.39 is 0 Å². The zero-order chi connectivity index (χ0) is 19.9. The fourth-order valence-electron chi connectivity index (χ4n) is 2.67. The van der Waals surface area contributed by atoms with Gasteiger partial charge in [0.15, 0.2) is 6.61 Å². The summed E-state index contributed by atoms with van der Waals surface area (Å²) in [5, 5.41) is 8.35. The molecule has 0 aliphatic rings. The van der Waals surface area contributed by atoms with Crippen LogP contribution in [-0.4, -0.2) is 28.4 Å². The van der Waals surface area contributed by atoms with Gasteiger partial charge in [-0.05, 0) is 50.1 Å². The molecule has 1 heterocycles. The average Bonchev–Trinajstić information content (AvgIpc) is 3.16. The molecular formula is C21H23N3O3S. The van der Waals surface area contributed by atoms with Crippen molar-refractivity contribution in [2.24, 2.45) is 0 Å². The molecule has 1 aromatic heterocycles. The number of carbonyl (C=O) groups is 1. The summed E-state index contributed by atoms with van der Waals surface area (Å²) in [5.41, 5.74) is 3.05. The normalized spacial score (nSPS) is 10.7. The molecule has 0 aliphatic heterocycles. The first-order chi connectivity index (χ1) is 13.6. The molecule has 0 spiro atoms. The highest BCUT2D eigenvalue weighted by Gasteiger charge is 2.16. The minimum absolute atomic E-state index is 0.00918. The molecule has 3 aromatic rings. The SMILES string of the molecule is CCN(C(=O)CSc1nnc(COc2cc(C)ccc2C)o1)c1ccccc1. The smallest absolute Gasteiger partial charge is 0.277 e. The number of rotatable bonds is 8. The number of aryl methyl sites for hydroxylation is 2. The number of para-hydroxylation sites is 1. The van der Waals surface area contributed by atoms with E-state index in [0.29, 0.717) is 17.7 Å². The standard InChI is InChI=1S/C21H23N3O3S/c1-4-24(17-8-6-5-7-9-17)20(25)14-28-21-23-22-19(27-21)13-26-18-12-15(2)10-11-16(18)3/h5-12H,4,13-14H2,1-3H3. The molecule has 0 aliphatic carbocycles. The molecule has 0 saturated carbocycles. The first-order valence-electron chi connectivity index (χ1n) is 9.07. The highest BCUT2D eigenvalue weighted by molar-refractivity contribution is 7.99. The molecular weight excluding hydrogens is 374 g/mol. The number of thioether (sulfide) groups is 1. The number of aromatic nitrogens is 2. The Hall–Kier alpha value is -2.80. The van der Waals surface area contributed by atoms with E-state index in [1.165, 1.54) is 11.8 Å². The molecule has 6 nitrogen and oxygen atoms in total. The van der Waals surface area contributed by atoms with Crippen molar-refractivity contribution >= 4 is 23.4 Å². The van der Waals surface area contributed by atoms with Gasteiger partial charge in [0, 0.05) is 12.2 Å². The molecule has 2 aromatic carbocycles. The van der Waals surface area contributed by atoms with Gasteiger partial charge in [0.1, 0.15) is 5.75 Å². The van der Waals surface area contributed by atoms with E-state index in [0.717, 1.165) is 22.6 Å². The number of hydrogen-bond donors (Lipinski definition) is 0. The molecule has 0 fully saturated rings. The molecule has 0 unspecified atom stereocenters. The maximum Gasteiger partial charge on any atom is 0.277 e. The fourth-order valence-corrected chi connectivity index (χ4v) is 3.33. The lowest BCUT2D eigenvalue weighted by Crippen LogP contribution is -2.32. The van der Waals surface area contributed by atoms with E-state index in [4.69, 9.17) is 9.15 Å². The van der Waals surface area contributed by atoms with Crippen LogP contribution in [0.1, 0.15) is 23.9 Å². The van der Waals surface area contributed by atoms with E-state index in [1.807, 2.05) is 69.3 Å². The van der Waals surface area contributed by atoms with E-state index >= 15 is 0 Å². The van der Waals surface area contributed by atoms with Crippen molar-refractivity contribution in [1.82, 2.24) is 10.2 Å². The summed E-state index contributed by atoms with van der Waals surface area (Å²) in [6, 6.07) is 15.6. The third-order valence-electron chi connectivity index (χ3n) is 4.15. The Morgan fingerprint density at radius 2 is 1.93 bits per heavy atom. The molecule has 0 atom stereocenters. The van der Waals surface area contributed by atoms with Crippen LogP contribution in [0.5, 0.6) is 5.75 Å². The predicted molar refractivity (Wildman–Crippen MR) is 110 cm³/mol. The van der Waals surface area contributed by atoms with E-state index in [9.17, 15) is 4.79 Å². The monoisotopic (exact) mass is 397 g/mol. The predicted octanol–water partition coefficient (Wildman–Crippen LogP) is 4.41. The first kappa shape index (κ1) is 19.9. The van der Waals surface area contributed by atoms with Crippen LogP contribution in [0.15, 0.2) is 58.2 Å². The number of nitrogens with zero attached hydrogens (tertiary/aromatic N) is 3. The van der Waals surface area contributed by atoms with Gasteiger partial charge in [-0.2, -0.15) is 0 Å². The lowest BCUT2D eigenvalue weighted by molar-refractivity contribution is -0.116. The zero-order valence-corrected chi connectivity index (χ0v) is 17.0. The number of amides is 1. The van der Waals surface area contributed by atoms with Crippen LogP contribution in [0, 0.1) is 13.8 Å². The minimum atomic E-state index is -0.00918. The summed E-state index contributed by atoms with van der Waals surface area (Å²) in [6.45, 7) is 6.74. The summed E-state index contributed by atoms with van der Waals surface area (Å²) in [6.07, 6.45) is 0. The van der Waals surface area contributed by atoms with Crippen LogP contribution in [0.4, 0.5) is 5.69 Å². The Morgan fingerprint density at radius 3 is 2.68 bits per heavy atom. The Morgan fingerprint density at radius 1 is 1.14 bits per heavy atom. The Balaban J connectivity index is 1.54. The molecule has 7 heteroatoms. The van der Waals surface area contributed by atoms with Crippen LogP contribution >= 0.6 is 11.8 Å². The number of ether oxygens (including phenoxy) is 1. The van der Waals surface area contributed by atoms with Gasteiger partial charge in [0.25, 0.3) is 11.1 Å². The molecule has 0 radical (unpaired) electrons. The second-order valence-corrected chi connectivity index (χ2v) is 7.21. The van der Waals surface area contributed by atoms with Crippen LogP contribution in [0.2, 0.25) is 0 Å². The summed E-state index contributed by atoms with van der Waals surface area (Å²) in [4.78, 5) is 14.3. The quantitative estimate of drug-likeness (QED) is 0.525. The molecule has 0 N–H and O–H groups in total. The van der Waals surface area contributed by atoms with Crippen molar-refractivity contribution in [1.29, 1.82) is 0 Å². The molecule has 146 valence electrons. The largest absolute Gasteiger partial charge is 0.484 e. The van der Waals surface area contributed by atoms with Crippen LogP contribution in [0.3, 0.4) is 0 Å². The summed E-state index contributed by atoms with van der Waals surface area (Å²) in [5.74, 6) is 1.39. The van der Waals surface area contributed by atoms with Gasteiger partial charge >= 0.3 is 0 Å². The molecule has 0 saturated heterocycles. The average molecular weight is 398 g/mol. The highest BCUT2D eigenvalue weighted by Crippen LogP contribution is 2.22. The topological polar surface area (TPSA) is 68.5 Å². The zero-order valence-electron chi connectivity index (χ0n) is 16.2. The minimum Gasteiger partial charge on any atom is -0.484 e. The second-order valence-electron chi connectivity index (χ2n) is 6.28.